The molecule has 0 heterocycles. The molecule has 0 saturated heterocycles. The van der Waals surface area contributed by atoms with E-state index in [4.69, 9.17) is 0 Å². The molecule has 0 saturated carbocycles. The van der Waals surface area contributed by atoms with Crippen LogP contribution in [0.5, 0.6) is 0 Å². The van der Waals surface area contributed by atoms with E-state index in [9.17, 15) is 18.0 Å². The zero-order valence-corrected chi connectivity index (χ0v) is 24.2. The number of hydrogen-bond acceptors (Lipinski definition) is 4. The van der Waals surface area contributed by atoms with Gasteiger partial charge in [0.25, 0.3) is 10.0 Å². The summed E-state index contributed by atoms with van der Waals surface area (Å²) in [6.45, 7) is 9.28. The molecule has 8 heteroatoms. The summed E-state index contributed by atoms with van der Waals surface area (Å²) in [6, 6.07) is 22.1. The van der Waals surface area contributed by atoms with Gasteiger partial charge in [0.2, 0.25) is 11.8 Å². The van der Waals surface area contributed by atoms with Gasteiger partial charge in [-0.1, -0.05) is 80.1 Å². The van der Waals surface area contributed by atoms with Crippen LogP contribution in [-0.4, -0.2) is 43.8 Å². The number of hydrogen-bond donors (Lipinski definition) is 1. The van der Waals surface area contributed by atoms with E-state index in [2.05, 4.69) is 5.32 Å². The van der Waals surface area contributed by atoms with Crippen molar-refractivity contribution in [3.05, 3.63) is 95.6 Å². The lowest BCUT2D eigenvalue weighted by atomic mass is 10.1. The van der Waals surface area contributed by atoms with Gasteiger partial charge in [-0.05, 0) is 62.9 Å². The van der Waals surface area contributed by atoms with Crippen LogP contribution in [-0.2, 0) is 26.2 Å². The lowest BCUT2D eigenvalue weighted by molar-refractivity contribution is -0.140. The van der Waals surface area contributed by atoms with Gasteiger partial charge in [0.05, 0.1) is 10.6 Å². The second-order valence-electron chi connectivity index (χ2n) is 9.86. The first kappa shape index (κ1) is 29.9. The molecule has 0 spiro atoms. The number of nitrogens with zero attached hydrogens (tertiary/aromatic N) is 2. The van der Waals surface area contributed by atoms with Crippen LogP contribution in [0.25, 0.3) is 0 Å². The molecular formula is C31H39N3O4S. The average Bonchev–Trinajstić information content (AvgIpc) is 2.92. The molecule has 0 bridgehead atoms. The average molecular weight is 550 g/mol. The van der Waals surface area contributed by atoms with Crippen molar-refractivity contribution < 1.29 is 18.0 Å². The first-order valence-corrected chi connectivity index (χ1v) is 14.8. The first-order valence-electron chi connectivity index (χ1n) is 13.4. The Labute approximate surface area is 232 Å². The van der Waals surface area contributed by atoms with Crippen molar-refractivity contribution in [3.8, 4) is 0 Å². The molecule has 39 heavy (non-hydrogen) atoms. The highest BCUT2D eigenvalue weighted by atomic mass is 32.2. The summed E-state index contributed by atoms with van der Waals surface area (Å²) < 4.78 is 28.9. The Morgan fingerprint density at radius 1 is 0.872 bits per heavy atom. The monoisotopic (exact) mass is 549 g/mol. The Hall–Kier alpha value is -3.65. The number of carbonyl (C=O) groups excluding carboxylic acids is 2. The summed E-state index contributed by atoms with van der Waals surface area (Å²) >= 11 is 0. The van der Waals surface area contributed by atoms with Gasteiger partial charge in [-0.2, -0.15) is 0 Å². The minimum Gasteiger partial charge on any atom is -0.352 e. The lowest BCUT2D eigenvalue weighted by Gasteiger charge is -2.34. The van der Waals surface area contributed by atoms with Gasteiger partial charge in [-0.25, -0.2) is 8.42 Å². The SMILES string of the molecule is CCC(C)NC(=O)C(CC)N(Cc1cccc(C)c1)C(=O)CN(c1ccccc1C)S(=O)(=O)c1ccccc1. The van der Waals surface area contributed by atoms with E-state index in [1.807, 2.05) is 71.0 Å². The Bertz CT molecular complexity index is 1380. The fraction of sp³-hybridized carbons (Fsp3) is 0.355. The maximum Gasteiger partial charge on any atom is 0.264 e. The van der Waals surface area contributed by atoms with Crippen molar-refractivity contribution in [2.45, 2.75) is 71.0 Å². The normalized spacial score (nSPS) is 12.8. The molecule has 2 atom stereocenters. The molecule has 3 aromatic carbocycles. The van der Waals surface area contributed by atoms with Gasteiger partial charge in [-0.15, -0.1) is 0 Å². The van der Waals surface area contributed by atoms with Crippen molar-refractivity contribution in [1.29, 1.82) is 0 Å². The summed E-state index contributed by atoms with van der Waals surface area (Å²) in [5, 5.41) is 3.00. The van der Waals surface area contributed by atoms with Crippen molar-refractivity contribution in [2.75, 3.05) is 10.8 Å². The van der Waals surface area contributed by atoms with Gasteiger partial charge in [0, 0.05) is 12.6 Å². The molecule has 0 aliphatic carbocycles. The number of para-hydroxylation sites is 1. The van der Waals surface area contributed by atoms with E-state index in [1.54, 1.807) is 30.3 Å². The van der Waals surface area contributed by atoms with Gasteiger partial charge >= 0.3 is 0 Å². The first-order chi connectivity index (χ1) is 18.6. The zero-order chi connectivity index (χ0) is 28.6. The highest BCUT2D eigenvalue weighted by Crippen LogP contribution is 2.27. The molecule has 0 aliphatic rings. The van der Waals surface area contributed by atoms with Gasteiger partial charge < -0.3 is 10.2 Å². The molecule has 2 unspecified atom stereocenters. The predicted octanol–water partition coefficient (Wildman–Crippen LogP) is 5.22. The van der Waals surface area contributed by atoms with Crippen LogP contribution < -0.4 is 9.62 Å². The minimum atomic E-state index is -4.08. The van der Waals surface area contributed by atoms with Gasteiger partial charge in [0.1, 0.15) is 12.6 Å². The number of aryl methyl sites for hydroxylation is 2. The molecule has 2 amide bonds. The quantitative estimate of drug-likeness (QED) is 0.336. The molecule has 3 aromatic rings. The third-order valence-corrected chi connectivity index (χ3v) is 8.59. The van der Waals surface area contributed by atoms with Crippen molar-refractivity contribution in [2.24, 2.45) is 0 Å². The summed E-state index contributed by atoms with van der Waals surface area (Å²) in [5.41, 5.74) is 3.04. The summed E-state index contributed by atoms with van der Waals surface area (Å²) in [6.07, 6.45) is 1.14. The number of amides is 2. The number of benzene rings is 3. The second-order valence-corrected chi connectivity index (χ2v) is 11.7. The molecule has 0 radical (unpaired) electrons. The largest absolute Gasteiger partial charge is 0.352 e. The Morgan fingerprint density at radius 3 is 2.15 bits per heavy atom. The fourth-order valence-electron chi connectivity index (χ4n) is 4.44. The number of carbonyl (C=O) groups is 2. The van der Waals surface area contributed by atoms with E-state index in [1.165, 1.54) is 17.0 Å². The van der Waals surface area contributed by atoms with Crippen molar-refractivity contribution in [1.82, 2.24) is 10.2 Å². The van der Waals surface area contributed by atoms with E-state index in [0.717, 1.165) is 27.4 Å². The van der Waals surface area contributed by atoms with E-state index < -0.39 is 28.5 Å². The molecule has 3 rings (SSSR count). The smallest absolute Gasteiger partial charge is 0.264 e. The molecule has 208 valence electrons. The van der Waals surface area contributed by atoms with Crippen molar-refractivity contribution in [3.63, 3.8) is 0 Å². The summed E-state index contributed by atoms with van der Waals surface area (Å²) in [5.74, 6) is -0.702. The topological polar surface area (TPSA) is 86.8 Å². The maximum absolute atomic E-state index is 14.1. The zero-order valence-electron chi connectivity index (χ0n) is 23.4. The number of rotatable bonds is 12. The van der Waals surface area contributed by atoms with Crippen LogP contribution in [0.4, 0.5) is 5.69 Å². The van der Waals surface area contributed by atoms with Crippen LogP contribution in [0.15, 0.2) is 83.8 Å². The fourth-order valence-corrected chi connectivity index (χ4v) is 5.94. The molecule has 1 N–H and O–H groups in total. The summed E-state index contributed by atoms with van der Waals surface area (Å²) in [7, 11) is -4.08. The Balaban J connectivity index is 2.06. The van der Waals surface area contributed by atoms with E-state index in [-0.39, 0.29) is 23.4 Å². The van der Waals surface area contributed by atoms with Crippen LogP contribution in [0.1, 0.15) is 50.3 Å². The molecular weight excluding hydrogens is 510 g/mol. The van der Waals surface area contributed by atoms with Crippen molar-refractivity contribution >= 4 is 27.5 Å². The van der Waals surface area contributed by atoms with Gasteiger partial charge in [0.15, 0.2) is 0 Å². The van der Waals surface area contributed by atoms with Crippen LogP contribution in [0, 0.1) is 13.8 Å². The molecule has 7 nitrogen and oxygen atoms in total. The Morgan fingerprint density at radius 2 is 1.54 bits per heavy atom. The minimum absolute atomic E-state index is 0.0515. The van der Waals surface area contributed by atoms with Gasteiger partial charge in [-0.3, -0.25) is 13.9 Å². The third-order valence-electron chi connectivity index (χ3n) is 6.82. The number of sulfonamides is 1. The lowest BCUT2D eigenvalue weighted by Crippen LogP contribution is -2.53. The highest BCUT2D eigenvalue weighted by Gasteiger charge is 2.34. The van der Waals surface area contributed by atoms with E-state index in [0.29, 0.717) is 12.1 Å². The standard InChI is InChI=1S/C31H39N3O4S/c1-6-25(5)32-31(36)28(7-2)33(21-26-16-13-14-23(3)20-26)30(35)22-34(29-19-12-11-15-24(29)4)39(37,38)27-17-9-8-10-18-27/h8-20,25,28H,6-7,21-22H2,1-5H3,(H,32,36). The number of nitrogens with one attached hydrogen (secondary N) is 1. The Kier molecular flexibility index (Phi) is 10.3. The second kappa shape index (κ2) is 13.4. The third kappa shape index (κ3) is 7.47. The van der Waals surface area contributed by atoms with Crippen LogP contribution in [0.3, 0.4) is 0 Å². The summed E-state index contributed by atoms with van der Waals surface area (Å²) in [4.78, 5) is 29.0. The maximum atomic E-state index is 14.1. The molecule has 0 fully saturated rings. The highest BCUT2D eigenvalue weighted by molar-refractivity contribution is 7.92. The van der Waals surface area contributed by atoms with Crippen LogP contribution >= 0.6 is 0 Å². The number of anilines is 1. The van der Waals surface area contributed by atoms with Crippen LogP contribution in [0.2, 0.25) is 0 Å². The predicted molar refractivity (Wildman–Crippen MR) is 156 cm³/mol. The van der Waals surface area contributed by atoms with E-state index >= 15 is 0 Å². The molecule has 0 aromatic heterocycles. The molecule has 0 aliphatic heterocycles.